The van der Waals surface area contributed by atoms with Gasteiger partial charge < -0.3 is 14.8 Å². The van der Waals surface area contributed by atoms with Gasteiger partial charge in [-0.05, 0) is 55.3 Å². The van der Waals surface area contributed by atoms with E-state index in [0.29, 0.717) is 24.0 Å². The second-order valence-electron chi connectivity index (χ2n) is 7.05. The normalized spacial score (nSPS) is 12.1. The highest BCUT2D eigenvalue weighted by Gasteiger charge is 2.19. The van der Waals surface area contributed by atoms with E-state index in [1.54, 1.807) is 14.2 Å². The minimum absolute atomic E-state index is 0.0322. The van der Waals surface area contributed by atoms with Crippen LogP contribution in [0.4, 0.5) is 5.69 Å². The number of likely N-dealkylation sites (N-methyl/N-ethyl adjacent to an activating group) is 1. The maximum atomic E-state index is 12.6. The number of carbonyl (C=O) groups excluding carboxylic acids is 1. The van der Waals surface area contributed by atoms with Gasteiger partial charge in [0.05, 0.1) is 20.3 Å². The fraction of sp³-hybridized carbons (Fsp3) is 0.409. The lowest BCUT2D eigenvalue weighted by Crippen LogP contribution is -2.39. The second kappa shape index (κ2) is 9.42. The molecule has 0 radical (unpaired) electrons. The fourth-order valence-electron chi connectivity index (χ4n) is 2.80. The van der Waals surface area contributed by atoms with Gasteiger partial charge in [0, 0.05) is 12.2 Å². The first-order valence-electron chi connectivity index (χ1n) is 9.17. The summed E-state index contributed by atoms with van der Waals surface area (Å²) in [6, 6.07) is 13.5. The Hall–Kier alpha value is -2.53. The first-order chi connectivity index (χ1) is 12.8. The summed E-state index contributed by atoms with van der Waals surface area (Å²) in [5, 5.41) is 2.99. The minimum atomic E-state index is -0.275. The Morgan fingerprint density at radius 2 is 1.63 bits per heavy atom. The molecule has 0 spiro atoms. The van der Waals surface area contributed by atoms with Crippen molar-refractivity contribution in [1.82, 2.24) is 4.90 Å². The largest absolute Gasteiger partial charge is 0.493 e. The highest BCUT2D eigenvalue weighted by molar-refractivity contribution is 5.94. The van der Waals surface area contributed by atoms with Crippen LogP contribution in [0.1, 0.15) is 37.8 Å². The highest BCUT2D eigenvalue weighted by atomic mass is 16.5. The Labute approximate surface area is 162 Å². The molecule has 0 bridgehead atoms. The molecule has 0 fully saturated rings. The van der Waals surface area contributed by atoms with Crippen molar-refractivity contribution < 1.29 is 14.3 Å². The molecule has 1 atom stereocenters. The van der Waals surface area contributed by atoms with Crippen LogP contribution in [-0.4, -0.2) is 38.1 Å². The van der Waals surface area contributed by atoms with E-state index in [9.17, 15) is 4.79 Å². The average molecular weight is 370 g/mol. The Morgan fingerprint density at radius 1 is 1.00 bits per heavy atom. The van der Waals surface area contributed by atoms with Gasteiger partial charge in [-0.2, -0.15) is 0 Å². The fourth-order valence-corrected chi connectivity index (χ4v) is 2.80. The number of hydrogen-bond acceptors (Lipinski definition) is 4. The van der Waals surface area contributed by atoms with Crippen LogP contribution in [0.25, 0.3) is 0 Å². The standard InChI is InChI=1S/C22H30N2O3/c1-15(2)18-8-10-19(11-9-18)23-22(25)16(3)24(4)14-17-7-12-20(26-5)21(13-17)27-6/h7-13,15-16H,14H2,1-6H3,(H,23,25)/t16-/m0/s1. The Balaban J connectivity index is 1.99. The molecule has 27 heavy (non-hydrogen) atoms. The predicted molar refractivity (Wildman–Crippen MR) is 110 cm³/mol. The number of anilines is 1. The van der Waals surface area contributed by atoms with E-state index in [1.165, 1.54) is 5.56 Å². The van der Waals surface area contributed by atoms with Gasteiger partial charge in [-0.1, -0.05) is 32.0 Å². The van der Waals surface area contributed by atoms with Crippen molar-refractivity contribution in [2.75, 3.05) is 26.6 Å². The molecular weight excluding hydrogens is 340 g/mol. The summed E-state index contributed by atoms with van der Waals surface area (Å²) < 4.78 is 10.6. The van der Waals surface area contributed by atoms with Crippen molar-refractivity contribution in [3.63, 3.8) is 0 Å². The lowest BCUT2D eigenvalue weighted by atomic mass is 10.0. The van der Waals surface area contributed by atoms with Gasteiger partial charge in [-0.3, -0.25) is 9.69 Å². The van der Waals surface area contributed by atoms with Crippen molar-refractivity contribution in [2.24, 2.45) is 0 Å². The molecule has 0 aromatic heterocycles. The van der Waals surface area contributed by atoms with Gasteiger partial charge in [-0.25, -0.2) is 0 Å². The molecule has 0 aliphatic carbocycles. The lowest BCUT2D eigenvalue weighted by molar-refractivity contribution is -0.120. The number of nitrogens with one attached hydrogen (secondary N) is 1. The third-order valence-corrected chi connectivity index (χ3v) is 4.77. The van der Waals surface area contributed by atoms with Gasteiger partial charge in [0.15, 0.2) is 11.5 Å². The van der Waals surface area contributed by atoms with Crippen LogP contribution in [0.15, 0.2) is 42.5 Å². The number of carbonyl (C=O) groups is 1. The lowest BCUT2D eigenvalue weighted by Gasteiger charge is -2.24. The number of rotatable bonds is 8. The third-order valence-electron chi connectivity index (χ3n) is 4.77. The van der Waals surface area contributed by atoms with Crippen molar-refractivity contribution in [2.45, 2.75) is 39.3 Å². The molecule has 2 aromatic carbocycles. The Bertz CT molecular complexity index is 757. The zero-order valence-corrected chi connectivity index (χ0v) is 17.1. The van der Waals surface area contributed by atoms with Crippen molar-refractivity contribution in [1.29, 1.82) is 0 Å². The van der Waals surface area contributed by atoms with Crippen LogP contribution >= 0.6 is 0 Å². The minimum Gasteiger partial charge on any atom is -0.493 e. The number of benzene rings is 2. The number of methoxy groups -OCH3 is 2. The van der Waals surface area contributed by atoms with Crippen molar-refractivity contribution >= 4 is 11.6 Å². The van der Waals surface area contributed by atoms with Gasteiger partial charge in [0.25, 0.3) is 0 Å². The predicted octanol–water partition coefficient (Wildman–Crippen LogP) is 4.29. The summed E-state index contributed by atoms with van der Waals surface area (Å²) in [5.41, 5.74) is 3.12. The maximum Gasteiger partial charge on any atom is 0.241 e. The van der Waals surface area contributed by atoms with E-state index in [1.807, 2.05) is 49.2 Å². The zero-order chi connectivity index (χ0) is 20.0. The highest BCUT2D eigenvalue weighted by Crippen LogP contribution is 2.28. The number of amides is 1. The molecule has 0 saturated carbocycles. The molecule has 1 N–H and O–H groups in total. The molecule has 0 heterocycles. The topological polar surface area (TPSA) is 50.8 Å². The summed E-state index contributed by atoms with van der Waals surface area (Å²) >= 11 is 0. The second-order valence-corrected chi connectivity index (χ2v) is 7.05. The van der Waals surface area contributed by atoms with E-state index in [0.717, 1.165) is 11.3 Å². The Morgan fingerprint density at radius 3 is 2.19 bits per heavy atom. The van der Waals surface area contributed by atoms with Crippen LogP contribution in [0.3, 0.4) is 0 Å². The monoisotopic (exact) mass is 370 g/mol. The van der Waals surface area contributed by atoms with Crippen molar-refractivity contribution in [3.05, 3.63) is 53.6 Å². The molecule has 1 amide bonds. The van der Waals surface area contributed by atoms with E-state index in [-0.39, 0.29) is 11.9 Å². The molecule has 0 aliphatic heterocycles. The third kappa shape index (κ3) is 5.47. The summed E-state index contributed by atoms with van der Waals surface area (Å²) in [7, 11) is 5.17. The van der Waals surface area contributed by atoms with E-state index < -0.39 is 0 Å². The van der Waals surface area contributed by atoms with Gasteiger partial charge >= 0.3 is 0 Å². The first kappa shape index (κ1) is 20.8. The average Bonchev–Trinajstić information content (AvgIpc) is 2.67. The number of hydrogen-bond donors (Lipinski definition) is 1. The molecule has 0 unspecified atom stereocenters. The van der Waals surface area contributed by atoms with Gasteiger partial charge in [0.1, 0.15) is 0 Å². The van der Waals surface area contributed by atoms with Crippen LogP contribution < -0.4 is 14.8 Å². The van der Waals surface area contributed by atoms with E-state index in [2.05, 4.69) is 31.3 Å². The quantitative estimate of drug-likeness (QED) is 0.753. The van der Waals surface area contributed by atoms with Crippen LogP contribution in [0.2, 0.25) is 0 Å². The SMILES string of the molecule is COc1ccc(CN(C)[C@@H](C)C(=O)Nc2ccc(C(C)C)cc2)cc1OC. The summed E-state index contributed by atoms with van der Waals surface area (Å²) in [6.07, 6.45) is 0. The summed E-state index contributed by atoms with van der Waals surface area (Å²) in [5.74, 6) is 1.82. The molecule has 0 saturated heterocycles. The molecule has 2 aromatic rings. The molecule has 0 aliphatic rings. The molecule has 5 nitrogen and oxygen atoms in total. The maximum absolute atomic E-state index is 12.6. The zero-order valence-electron chi connectivity index (χ0n) is 17.1. The summed E-state index contributed by atoms with van der Waals surface area (Å²) in [6.45, 7) is 6.83. The molecule has 5 heteroatoms. The van der Waals surface area contributed by atoms with Crippen LogP contribution in [0, 0.1) is 0 Å². The van der Waals surface area contributed by atoms with Crippen molar-refractivity contribution in [3.8, 4) is 11.5 Å². The smallest absolute Gasteiger partial charge is 0.241 e. The van der Waals surface area contributed by atoms with Gasteiger partial charge in [-0.15, -0.1) is 0 Å². The number of nitrogens with zero attached hydrogens (tertiary/aromatic N) is 1. The van der Waals surface area contributed by atoms with Crippen LogP contribution in [-0.2, 0) is 11.3 Å². The van der Waals surface area contributed by atoms with E-state index in [4.69, 9.17) is 9.47 Å². The summed E-state index contributed by atoms with van der Waals surface area (Å²) in [4.78, 5) is 14.6. The molecular formula is C22H30N2O3. The first-order valence-corrected chi connectivity index (χ1v) is 9.17. The van der Waals surface area contributed by atoms with Gasteiger partial charge in [0.2, 0.25) is 5.91 Å². The van der Waals surface area contributed by atoms with E-state index >= 15 is 0 Å². The van der Waals surface area contributed by atoms with Crippen LogP contribution in [0.5, 0.6) is 11.5 Å². The molecule has 146 valence electrons. The Kier molecular flexibility index (Phi) is 7.25. The molecule has 2 rings (SSSR count). The number of ether oxygens (including phenoxy) is 2.